The highest BCUT2D eigenvalue weighted by atomic mass is 32.1. The number of aromatic nitrogens is 1. The van der Waals surface area contributed by atoms with E-state index in [1.54, 1.807) is 0 Å². The molecule has 0 aromatic carbocycles. The van der Waals surface area contributed by atoms with Gasteiger partial charge in [0.15, 0.2) is 17.8 Å². The number of nitrogens with one attached hydrogen (secondary N) is 1. The lowest BCUT2D eigenvalue weighted by Crippen LogP contribution is -2.43. The molecule has 0 bridgehead atoms. The second-order valence-corrected chi connectivity index (χ2v) is 6.36. The van der Waals surface area contributed by atoms with Crippen molar-refractivity contribution in [1.82, 2.24) is 10.3 Å². The topological polar surface area (TPSA) is 75.4 Å². The first-order chi connectivity index (χ1) is 10.6. The zero-order chi connectivity index (χ0) is 16.0. The molecule has 5 nitrogen and oxygen atoms in total. The molecule has 0 aliphatic heterocycles. The number of nitrogens with zero attached hydrogens (tertiary/aromatic N) is 1. The minimum absolute atomic E-state index is 0.226. The summed E-state index contributed by atoms with van der Waals surface area (Å²) in [6, 6.07) is 3.78. The monoisotopic (exact) mass is 322 g/mol. The van der Waals surface area contributed by atoms with Crippen molar-refractivity contribution in [3.63, 3.8) is 0 Å². The Bertz CT molecular complexity index is 586. The van der Waals surface area contributed by atoms with E-state index >= 15 is 0 Å². The molecular weight excluding hydrogens is 300 g/mol. The molecule has 1 amide bonds. The maximum Gasteiger partial charge on any atom is 0.274 e. The predicted octanol–water partition coefficient (Wildman–Crippen LogP) is 3.46. The summed E-state index contributed by atoms with van der Waals surface area (Å²) in [6.07, 6.45) is 4.34. The van der Waals surface area contributed by atoms with Gasteiger partial charge in [-0.05, 0) is 24.3 Å². The lowest BCUT2D eigenvalue weighted by Gasteiger charge is -2.27. The Kier molecular flexibility index (Phi) is 5.74. The minimum atomic E-state index is -0.855. The Morgan fingerprint density at radius 3 is 2.73 bits per heavy atom. The Morgan fingerprint density at radius 1 is 1.41 bits per heavy atom. The van der Waals surface area contributed by atoms with Gasteiger partial charge in [-0.25, -0.2) is 4.98 Å². The van der Waals surface area contributed by atoms with Crippen molar-refractivity contribution >= 4 is 17.2 Å². The highest BCUT2D eigenvalue weighted by molar-refractivity contribution is 7.13. The molecule has 0 unspecified atom stereocenters. The van der Waals surface area contributed by atoms with Crippen LogP contribution >= 0.6 is 11.3 Å². The summed E-state index contributed by atoms with van der Waals surface area (Å²) in [6.45, 7) is 4.27. The second kappa shape index (κ2) is 7.56. The summed E-state index contributed by atoms with van der Waals surface area (Å²) in [5.74, 6) is 0.157. The first-order valence-corrected chi connectivity index (χ1v) is 8.45. The zero-order valence-corrected chi connectivity index (χ0v) is 13.8. The molecule has 0 aliphatic rings. The fraction of sp³-hybridized carbons (Fsp3) is 0.500. The van der Waals surface area contributed by atoms with Crippen molar-refractivity contribution < 1.29 is 14.3 Å². The third kappa shape index (κ3) is 3.96. The highest BCUT2D eigenvalue weighted by Crippen LogP contribution is 2.27. The van der Waals surface area contributed by atoms with E-state index in [-0.39, 0.29) is 18.1 Å². The van der Waals surface area contributed by atoms with E-state index in [1.807, 2.05) is 31.4 Å². The standard InChI is InChI=1S/C16H22N2O3S/c1-3-7-16(20,8-4-2)10-17-15(19)13-14(21-11-18-13)12-6-5-9-22-12/h5-6,9,11,20H,3-4,7-8,10H2,1-2H3,(H,17,19). The van der Waals surface area contributed by atoms with Crippen LogP contribution in [0, 0.1) is 0 Å². The maximum atomic E-state index is 12.3. The van der Waals surface area contributed by atoms with Gasteiger partial charge < -0.3 is 14.8 Å². The molecule has 0 radical (unpaired) electrons. The van der Waals surface area contributed by atoms with Gasteiger partial charge in [-0.1, -0.05) is 32.8 Å². The summed E-state index contributed by atoms with van der Waals surface area (Å²) in [5.41, 5.74) is -0.593. The van der Waals surface area contributed by atoms with Crippen molar-refractivity contribution in [2.24, 2.45) is 0 Å². The van der Waals surface area contributed by atoms with Crippen molar-refractivity contribution in [2.45, 2.75) is 45.1 Å². The van der Waals surface area contributed by atoms with Crippen LogP contribution in [0.2, 0.25) is 0 Å². The Morgan fingerprint density at radius 2 is 2.14 bits per heavy atom. The van der Waals surface area contributed by atoms with Gasteiger partial charge in [0.05, 0.1) is 10.5 Å². The molecular formula is C16H22N2O3S. The average Bonchev–Trinajstić information content (AvgIpc) is 3.15. The zero-order valence-electron chi connectivity index (χ0n) is 13.0. The largest absolute Gasteiger partial charge is 0.442 e. The van der Waals surface area contributed by atoms with Gasteiger partial charge >= 0.3 is 0 Å². The van der Waals surface area contributed by atoms with Gasteiger partial charge in [0, 0.05) is 6.54 Å². The number of thiophene rings is 1. The normalized spacial score (nSPS) is 11.6. The maximum absolute atomic E-state index is 12.3. The lowest BCUT2D eigenvalue weighted by molar-refractivity contribution is 0.0212. The van der Waals surface area contributed by atoms with Gasteiger partial charge in [-0.2, -0.15) is 0 Å². The number of rotatable bonds is 8. The van der Waals surface area contributed by atoms with Crippen LogP contribution in [-0.4, -0.2) is 28.1 Å². The molecule has 2 N–H and O–H groups in total. The van der Waals surface area contributed by atoms with Crippen LogP contribution in [0.25, 0.3) is 10.6 Å². The summed E-state index contributed by atoms with van der Waals surface area (Å²) in [5, 5.41) is 15.3. The van der Waals surface area contributed by atoms with Crippen LogP contribution in [0.5, 0.6) is 0 Å². The van der Waals surface area contributed by atoms with Crippen molar-refractivity contribution in [2.75, 3.05) is 6.54 Å². The van der Waals surface area contributed by atoms with Crippen molar-refractivity contribution in [3.05, 3.63) is 29.6 Å². The number of amides is 1. The fourth-order valence-electron chi connectivity index (χ4n) is 2.55. The van der Waals surface area contributed by atoms with E-state index < -0.39 is 5.60 Å². The van der Waals surface area contributed by atoms with Crippen LogP contribution < -0.4 is 5.32 Å². The molecule has 2 heterocycles. The van der Waals surface area contributed by atoms with Gasteiger partial charge in [0.25, 0.3) is 5.91 Å². The molecule has 0 saturated carbocycles. The van der Waals surface area contributed by atoms with E-state index in [2.05, 4.69) is 10.3 Å². The first-order valence-electron chi connectivity index (χ1n) is 7.57. The summed E-state index contributed by atoms with van der Waals surface area (Å²) in [4.78, 5) is 17.2. The fourth-order valence-corrected chi connectivity index (χ4v) is 3.26. The molecule has 2 aromatic rings. The number of hydrogen-bond donors (Lipinski definition) is 2. The smallest absolute Gasteiger partial charge is 0.274 e. The highest BCUT2D eigenvalue weighted by Gasteiger charge is 2.27. The second-order valence-electron chi connectivity index (χ2n) is 5.41. The average molecular weight is 322 g/mol. The molecule has 0 spiro atoms. The van der Waals surface area contributed by atoms with Crippen LogP contribution in [0.4, 0.5) is 0 Å². The van der Waals surface area contributed by atoms with Crippen molar-refractivity contribution in [3.8, 4) is 10.6 Å². The Labute approximate surface area is 134 Å². The number of oxazole rings is 1. The third-order valence-electron chi connectivity index (χ3n) is 3.54. The first kappa shape index (κ1) is 16.7. The minimum Gasteiger partial charge on any atom is -0.442 e. The van der Waals surface area contributed by atoms with Gasteiger partial charge in [-0.3, -0.25) is 4.79 Å². The Balaban J connectivity index is 2.05. The molecule has 0 aliphatic carbocycles. The molecule has 0 atom stereocenters. The summed E-state index contributed by atoms with van der Waals surface area (Å²) >= 11 is 1.49. The molecule has 22 heavy (non-hydrogen) atoms. The molecule has 6 heteroatoms. The number of carbonyl (C=O) groups excluding carboxylic acids is 1. The van der Waals surface area contributed by atoms with Crippen molar-refractivity contribution in [1.29, 1.82) is 0 Å². The lowest BCUT2D eigenvalue weighted by atomic mass is 9.92. The van der Waals surface area contributed by atoms with E-state index in [9.17, 15) is 9.90 Å². The van der Waals surface area contributed by atoms with Crippen LogP contribution in [-0.2, 0) is 0 Å². The predicted molar refractivity (Wildman–Crippen MR) is 86.9 cm³/mol. The van der Waals surface area contributed by atoms with Crippen LogP contribution in [0.3, 0.4) is 0 Å². The molecule has 0 fully saturated rings. The molecule has 2 aromatic heterocycles. The SMILES string of the molecule is CCCC(O)(CCC)CNC(=O)c1ncoc1-c1cccs1. The van der Waals surface area contributed by atoms with E-state index in [1.165, 1.54) is 17.7 Å². The quantitative estimate of drug-likeness (QED) is 0.780. The van der Waals surface area contributed by atoms with Gasteiger partial charge in [0.2, 0.25) is 0 Å². The van der Waals surface area contributed by atoms with Crippen LogP contribution in [0.15, 0.2) is 28.3 Å². The number of carbonyl (C=O) groups is 1. The summed E-state index contributed by atoms with van der Waals surface area (Å²) in [7, 11) is 0. The molecule has 120 valence electrons. The molecule has 0 saturated heterocycles. The number of hydrogen-bond acceptors (Lipinski definition) is 5. The van der Waals surface area contributed by atoms with Crippen LogP contribution in [0.1, 0.15) is 50.0 Å². The van der Waals surface area contributed by atoms with E-state index in [4.69, 9.17) is 4.42 Å². The Hall–Kier alpha value is -1.66. The third-order valence-corrected chi connectivity index (χ3v) is 4.40. The van der Waals surface area contributed by atoms with Gasteiger partial charge in [0.1, 0.15) is 0 Å². The molecule has 2 rings (SSSR count). The van der Waals surface area contributed by atoms with E-state index in [0.717, 1.165) is 17.7 Å². The summed E-state index contributed by atoms with van der Waals surface area (Å²) < 4.78 is 5.33. The van der Waals surface area contributed by atoms with E-state index in [0.29, 0.717) is 18.6 Å². The number of aliphatic hydroxyl groups is 1. The van der Waals surface area contributed by atoms with Gasteiger partial charge in [-0.15, -0.1) is 11.3 Å².